The van der Waals surface area contributed by atoms with Crippen molar-refractivity contribution in [1.29, 1.82) is 0 Å². The second-order valence-electron chi connectivity index (χ2n) is 7.49. The molecule has 0 aliphatic carbocycles. The Morgan fingerprint density at radius 3 is 2.56 bits per heavy atom. The highest BCUT2D eigenvalue weighted by Gasteiger charge is 2.21. The van der Waals surface area contributed by atoms with Crippen LogP contribution in [0.2, 0.25) is 0 Å². The van der Waals surface area contributed by atoms with Crippen LogP contribution >= 0.6 is 0 Å². The van der Waals surface area contributed by atoms with Gasteiger partial charge in [0.2, 0.25) is 0 Å². The van der Waals surface area contributed by atoms with Gasteiger partial charge in [-0.1, -0.05) is 42.5 Å². The van der Waals surface area contributed by atoms with E-state index in [4.69, 9.17) is 18.6 Å². The highest BCUT2D eigenvalue weighted by molar-refractivity contribution is 5.99. The van der Waals surface area contributed by atoms with Crippen LogP contribution in [0.3, 0.4) is 0 Å². The molecule has 1 N–H and O–H groups in total. The van der Waals surface area contributed by atoms with Crippen molar-refractivity contribution in [1.82, 2.24) is 5.32 Å². The van der Waals surface area contributed by atoms with Crippen LogP contribution in [-0.2, 0) is 13.0 Å². The quantitative estimate of drug-likeness (QED) is 0.459. The lowest BCUT2D eigenvalue weighted by Gasteiger charge is -2.18. The smallest absolute Gasteiger partial charge is 0.287 e. The van der Waals surface area contributed by atoms with Gasteiger partial charge in [-0.15, -0.1) is 0 Å². The molecule has 6 nitrogen and oxygen atoms in total. The van der Waals surface area contributed by atoms with Crippen molar-refractivity contribution in [2.45, 2.75) is 13.0 Å². The van der Waals surface area contributed by atoms with Gasteiger partial charge in [0.05, 0.1) is 0 Å². The Labute approximate surface area is 185 Å². The summed E-state index contributed by atoms with van der Waals surface area (Å²) in [5.74, 6) is 2.27. The van der Waals surface area contributed by atoms with Crippen molar-refractivity contribution in [3.05, 3.63) is 89.7 Å². The van der Waals surface area contributed by atoms with Crippen molar-refractivity contribution in [2.75, 3.05) is 19.8 Å². The number of benzene rings is 3. The summed E-state index contributed by atoms with van der Waals surface area (Å²) in [4.78, 5) is 13.0. The standard InChI is InChI=1S/C26H23NO5/c28-26(27-13-12-18-10-11-23-24(16-18)30-15-14-29-23)25-21(17-31-19-6-2-1-3-7-19)20-8-4-5-9-22(20)32-25/h1-11,16H,12-15,17H2,(H,27,28). The van der Waals surface area contributed by atoms with Gasteiger partial charge in [-0.05, 0) is 42.3 Å². The summed E-state index contributed by atoms with van der Waals surface area (Å²) in [6.45, 7) is 1.82. The number of rotatable bonds is 7. The van der Waals surface area contributed by atoms with Crippen LogP contribution in [0.4, 0.5) is 0 Å². The summed E-state index contributed by atoms with van der Waals surface area (Å²) in [5, 5.41) is 3.84. The number of amides is 1. The molecule has 0 bridgehead atoms. The minimum Gasteiger partial charge on any atom is -0.489 e. The topological polar surface area (TPSA) is 69.9 Å². The van der Waals surface area contributed by atoms with Gasteiger partial charge >= 0.3 is 0 Å². The summed E-state index contributed by atoms with van der Waals surface area (Å²) in [7, 11) is 0. The number of para-hydroxylation sites is 2. The molecule has 0 atom stereocenters. The first-order valence-electron chi connectivity index (χ1n) is 10.6. The van der Waals surface area contributed by atoms with Gasteiger partial charge < -0.3 is 23.9 Å². The molecule has 1 aliphatic rings. The van der Waals surface area contributed by atoms with Crippen LogP contribution in [0, 0.1) is 0 Å². The maximum Gasteiger partial charge on any atom is 0.287 e. The van der Waals surface area contributed by atoms with Crippen molar-refractivity contribution in [2.24, 2.45) is 0 Å². The minimum atomic E-state index is -0.259. The summed E-state index contributed by atoms with van der Waals surface area (Å²) in [6.07, 6.45) is 0.665. The van der Waals surface area contributed by atoms with E-state index in [-0.39, 0.29) is 18.3 Å². The Bertz CT molecular complexity index is 1230. The Morgan fingerprint density at radius 1 is 0.906 bits per heavy atom. The van der Waals surface area contributed by atoms with E-state index in [1.807, 2.05) is 72.8 Å². The molecule has 6 heteroatoms. The van der Waals surface area contributed by atoms with Gasteiger partial charge in [-0.25, -0.2) is 0 Å². The number of hydrogen-bond donors (Lipinski definition) is 1. The third kappa shape index (κ3) is 4.25. The highest BCUT2D eigenvalue weighted by atomic mass is 16.6. The molecule has 0 fully saturated rings. The van der Waals surface area contributed by atoms with Gasteiger partial charge in [-0.2, -0.15) is 0 Å². The molecule has 5 rings (SSSR count). The number of ether oxygens (including phenoxy) is 3. The average molecular weight is 429 g/mol. The fraction of sp³-hybridized carbons (Fsp3) is 0.192. The highest BCUT2D eigenvalue weighted by Crippen LogP contribution is 2.31. The molecule has 3 aromatic carbocycles. The first kappa shape index (κ1) is 20.0. The van der Waals surface area contributed by atoms with E-state index in [0.29, 0.717) is 31.8 Å². The molecule has 0 radical (unpaired) electrons. The molecule has 0 spiro atoms. The monoisotopic (exact) mass is 429 g/mol. The molecule has 1 aliphatic heterocycles. The van der Waals surface area contributed by atoms with Crippen LogP contribution < -0.4 is 19.5 Å². The number of hydrogen-bond acceptors (Lipinski definition) is 5. The number of carbonyl (C=O) groups is 1. The van der Waals surface area contributed by atoms with Gasteiger partial charge in [0.1, 0.15) is 31.2 Å². The lowest BCUT2D eigenvalue weighted by Crippen LogP contribution is -2.26. The SMILES string of the molecule is O=C(NCCc1ccc2c(c1)OCCO2)c1oc2ccccc2c1COc1ccccc1. The predicted molar refractivity (Wildman–Crippen MR) is 120 cm³/mol. The van der Waals surface area contributed by atoms with Gasteiger partial charge in [0.15, 0.2) is 17.3 Å². The lowest BCUT2D eigenvalue weighted by atomic mass is 10.1. The fourth-order valence-corrected chi connectivity index (χ4v) is 3.74. The van der Waals surface area contributed by atoms with Gasteiger partial charge in [-0.3, -0.25) is 4.79 Å². The molecular weight excluding hydrogens is 406 g/mol. The Balaban J connectivity index is 1.28. The van der Waals surface area contributed by atoms with E-state index in [2.05, 4.69) is 5.32 Å². The van der Waals surface area contributed by atoms with Crippen LogP contribution in [0.1, 0.15) is 21.7 Å². The molecule has 4 aromatic rings. The summed E-state index contributed by atoms with van der Waals surface area (Å²) in [6, 6.07) is 23.0. The number of carbonyl (C=O) groups excluding carboxylic acids is 1. The first-order chi connectivity index (χ1) is 15.8. The zero-order valence-electron chi connectivity index (χ0n) is 17.5. The maximum absolute atomic E-state index is 13.0. The molecule has 0 saturated heterocycles. The van der Waals surface area contributed by atoms with Crippen molar-refractivity contribution < 1.29 is 23.4 Å². The van der Waals surface area contributed by atoms with Crippen LogP contribution in [0.5, 0.6) is 17.2 Å². The Hall–Kier alpha value is -3.93. The fourth-order valence-electron chi connectivity index (χ4n) is 3.74. The predicted octanol–water partition coefficient (Wildman–Crippen LogP) is 4.76. The van der Waals surface area contributed by atoms with Gasteiger partial charge in [0, 0.05) is 17.5 Å². The van der Waals surface area contributed by atoms with Crippen LogP contribution in [-0.4, -0.2) is 25.7 Å². The third-order valence-corrected chi connectivity index (χ3v) is 5.34. The molecular formula is C26H23NO5. The largest absolute Gasteiger partial charge is 0.489 e. The van der Waals surface area contributed by atoms with Crippen molar-refractivity contribution in [3.8, 4) is 17.2 Å². The molecule has 2 heterocycles. The van der Waals surface area contributed by atoms with Crippen LogP contribution in [0.15, 0.2) is 77.2 Å². The molecule has 0 saturated carbocycles. The summed E-state index contributed by atoms with van der Waals surface area (Å²) in [5.41, 5.74) is 2.46. The normalized spacial score (nSPS) is 12.5. The number of furan rings is 1. The second kappa shape index (κ2) is 9.06. The Kier molecular flexibility index (Phi) is 5.66. The van der Waals surface area contributed by atoms with E-state index in [1.54, 1.807) is 0 Å². The van der Waals surface area contributed by atoms with E-state index in [0.717, 1.165) is 33.8 Å². The number of fused-ring (bicyclic) bond motifs is 2. The van der Waals surface area contributed by atoms with E-state index >= 15 is 0 Å². The third-order valence-electron chi connectivity index (χ3n) is 5.34. The van der Waals surface area contributed by atoms with Crippen LogP contribution in [0.25, 0.3) is 11.0 Å². The Morgan fingerprint density at radius 2 is 1.69 bits per heavy atom. The van der Waals surface area contributed by atoms with E-state index in [1.165, 1.54) is 0 Å². The molecule has 162 valence electrons. The second-order valence-corrected chi connectivity index (χ2v) is 7.49. The average Bonchev–Trinajstić information content (AvgIpc) is 3.22. The maximum atomic E-state index is 13.0. The molecule has 1 amide bonds. The minimum absolute atomic E-state index is 0.242. The zero-order chi connectivity index (χ0) is 21.8. The lowest BCUT2D eigenvalue weighted by molar-refractivity contribution is 0.0925. The van der Waals surface area contributed by atoms with Gasteiger partial charge in [0.25, 0.3) is 5.91 Å². The summed E-state index contributed by atoms with van der Waals surface area (Å²) < 4.78 is 23.0. The van der Waals surface area contributed by atoms with Crippen molar-refractivity contribution in [3.63, 3.8) is 0 Å². The molecule has 1 aromatic heterocycles. The first-order valence-corrected chi connectivity index (χ1v) is 10.6. The van der Waals surface area contributed by atoms with Crippen molar-refractivity contribution >= 4 is 16.9 Å². The molecule has 0 unspecified atom stereocenters. The van der Waals surface area contributed by atoms with E-state index in [9.17, 15) is 4.79 Å². The zero-order valence-corrected chi connectivity index (χ0v) is 17.5. The molecule has 32 heavy (non-hydrogen) atoms. The number of nitrogens with one attached hydrogen (secondary N) is 1. The van der Waals surface area contributed by atoms with E-state index < -0.39 is 0 Å². The summed E-state index contributed by atoms with van der Waals surface area (Å²) >= 11 is 0.